The molecule has 3 aromatic rings. The summed E-state index contributed by atoms with van der Waals surface area (Å²) in [6.45, 7) is 1.73. The van der Waals surface area contributed by atoms with Crippen LogP contribution in [0.3, 0.4) is 0 Å². The molecule has 0 spiro atoms. The summed E-state index contributed by atoms with van der Waals surface area (Å²) in [4.78, 5) is 12.4. The lowest BCUT2D eigenvalue weighted by Gasteiger charge is -2.16. The van der Waals surface area contributed by atoms with Gasteiger partial charge in [-0.15, -0.1) is 0 Å². The molecule has 1 amide bonds. The van der Waals surface area contributed by atoms with E-state index in [-0.39, 0.29) is 5.91 Å². The van der Waals surface area contributed by atoms with Crippen LogP contribution in [0, 0.1) is 0 Å². The molecule has 1 N–H and O–H groups in total. The highest BCUT2D eigenvalue weighted by atomic mass is 16.5. The van der Waals surface area contributed by atoms with E-state index in [1.54, 1.807) is 20.1 Å². The van der Waals surface area contributed by atoms with E-state index in [1.807, 2.05) is 60.7 Å². The maximum Gasteiger partial charge on any atom is 0.265 e. The Balaban J connectivity index is 1.73. The van der Waals surface area contributed by atoms with Crippen molar-refractivity contribution < 1.29 is 14.3 Å². The summed E-state index contributed by atoms with van der Waals surface area (Å²) in [5.41, 5.74) is 0.674. The molecule has 0 aromatic heterocycles. The molecule has 0 unspecified atom stereocenters. The maximum atomic E-state index is 12.4. The van der Waals surface area contributed by atoms with Gasteiger partial charge in [-0.05, 0) is 30.5 Å². The Kier molecular flexibility index (Phi) is 4.66. The van der Waals surface area contributed by atoms with Crippen LogP contribution in [0.15, 0.2) is 66.7 Å². The lowest BCUT2D eigenvalue weighted by atomic mass is 10.1. The summed E-state index contributed by atoms with van der Waals surface area (Å²) in [6.07, 6.45) is -0.623. The molecule has 122 valence electrons. The predicted octanol–water partition coefficient (Wildman–Crippen LogP) is 4.25. The van der Waals surface area contributed by atoms with Crippen LogP contribution in [0.25, 0.3) is 10.8 Å². The summed E-state index contributed by atoms with van der Waals surface area (Å²) in [5, 5.41) is 4.91. The van der Waals surface area contributed by atoms with Gasteiger partial charge < -0.3 is 14.8 Å². The Bertz CT molecular complexity index is 855. The van der Waals surface area contributed by atoms with Crippen LogP contribution >= 0.6 is 0 Å². The first-order valence-corrected chi connectivity index (χ1v) is 7.77. The molecule has 4 heteroatoms. The number of rotatable bonds is 5. The summed E-state index contributed by atoms with van der Waals surface area (Å²) < 4.78 is 11.0. The average molecular weight is 321 g/mol. The third-order valence-corrected chi connectivity index (χ3v) is 3.76. The highest BCUT2D eigenvalue weighted by Gasteiger charge is 2.16. The third kappa shape index (κ3) is 3.49. The van der Waals surface area contributed by atoms with Crippen LogP contribution in [-0.2, 0) is 4.79 Å². The van der Waals surface area contributed by atoms with Crippen molar-refractivity contribution in [2.24, 2.45) is 0 Å². The van der Waals surface area contributed by atoms with Crippen LogP contribution < -0.4 is 14.8 Å². The fraction of sp³-hybridized carbons (Fsp3) is 0.150. The van der Waals surface area contributed by atoms with E-state index >= 15 is 0 Å². The van der Waals surface area contributed by atoms with E-state index < -0.39 is 6.10 Å². The van der Waals surface area contributed by atoms with Crippen LogP contribution in [0.2, 0.25) is 0 Å². The molecule has 1 atom stereocenters. The molecule has 0 saturated carbocycles. The second-order valence-electron chi connectivity index (χ2n) is 5.46. The minimum atomic E-state index is -0.623. The van der Waals surface area contributed by atoms with Gasteiger partial charge in [0.15, 0.2) is 6.10 Å². The van der Waals surface area contributed by atoms with Gasteiger partial charge in [-0.2, -0.15) is 0 Å². The number of ether oxygens (including phenoxy) is 2. The molecular formula is C20H19NO3. The fourth-order valence-electron chi connectivity index (χ4n) is 2.49. The van der Waals surface area contributed by atoms with Crippen molar-refractivity contribution in [3.8, 4) is 11.5 Å². The molecular weight excluding hydrogens is 302 g/mol. The first kappa shape index (κ1) is 15.9. The second kappa shape index (κ2) is 7.04. The van der Waals surface area contributed by atoms with Crippen molar-refractivity contribution in [1.29, 1.82) is 0 Å². The molecule has 4 nitrogen and oxygen atoms in total. The third-order valence-electron chi connectivity index (χ3n) is 3.76. The number of methoxy groups -OCH3 is 1. The van der Waals surface area contributed by atoms with E-state index in [9.17, 15) is 4.79 Å². The summed E-state index contributed by atoms with van der Waals surface area (Å²) in [6, 6.07) is 21.0. The lowest BCUT2D eigenvalue weighted by Crippen LogP contribution is -2.30. The Morgan fingerprint density at radius 1 is 1.00 bits per heavy atom. The number of carbonyl (C=O) groups excluding carboxylic acids is 1. The Hall–Kier alpha value is -3.01. The number of fused-ring (bicyclic) bond motifs is 1. The van der Waals surface area contributed by atoms with Crippen LogP contribution in [0.5, 0.6) is 11.5 Å². The largest absolute Gasteiger partial charge is 0.497 e. The van der Waals surface area contributed by atoms with Crippen molar-refractivity contribution >= 4 is 22.4 Å². The van der Waals surface area contributed by atoms with Crippen molar-refractivity contribution in [3.05, 3.63) is 66.7 Å². The first-order valence-electron chi connectivity index (χ1n) is 7.77. The normalized spacial score (nSPS) is 11.8. The standard InChI is InChI=1S/C20H19NO3/c1-14(20(22)21-16-9-6-10-17(13-16)23-2)24-19-12-5-8-15-7-3-4-11-18(15)19/h3-14H,1-2H3,(H,21,22)/t14-/m1/s1. The molecule has 3 rings (SSSR count). The molecule has 0 saturated heterocycles. The number of hydrogen-bond acceptors (Lipinski definition) is 3. The van der Waals surface area contributed by atoms with E-state index in [4.69, 9.17) is 9.47 Å². The summed E-state index contributed by atoms with van der Waals surface area (Å²) in [5.74, 6) is 1.17. The van der Waals surface area contributed by atoms with Gasteiger partial charge in [-0.1, -0.05) is 42.5 Å². The van der Waals surface area contributed by atoms with E-state index in [2.05, 4.69) is 5.32 Å². The quantitative estimate of drug-likeness (QED) is 0.764. The number of anilines is 1. The topological polar surface area (TPSA) is 47.6 Å². The average Bonchev–Trinajstić information content (AvgIpc) is 2.62. The Morgan fingerprint density at radius 2 is 1.75 bits per heavy atom. The van der Waals surface area contributed by atoms with Crippen molar-refractivity contribution in [2.45, 2.75) is 13.0 Å². The van der Waals surface area contributed by atoms with Crippen molar-refractivity contribution in [2.75, 3.05) is 12.4 Å². The van der Waals surface area contributed by atoms with Gasteiger partial charge in [0.25, 0.3) is 5.91 Å². The zero-order chi connectivity index (χ0) is 16.9. The van der Waals surface area contributed by atoms with Gasteiger partial charge >= 0.3 is 0 Å². The summed E-state index contributed by atoms with van der Waals surface area (Å²) in [7, 11) is 1.59. The molecule has 0 aliphatic carbocycles. The highest BCUT2D eigenvalue weighted by molar-refractivity contribution is 5.95. The molecule has 3 aromatic carbocycles. The number of benzene rings is 3. The van der Waals surface area contributed by atoms with Gasteiger partial charge in [0.2, 0.25) is 0 Å². The Morgan fingerprint density at radius 3 is 2.58 bits per heavy atom. The van der Waals surface area contributed by atoms with E-state index in [0.29, 0.717) is 17.2 Å². The number of carbonyl (C=O) groups is 1. The SMILES string of the molecule is COc1cccc(NC(=O)[C@@H](C)Oc2cccc3ccccc23)c1. The van der Waals surface area contributed by atoms with Crippen LogP contribution in [0.4, 0.5) is 5.69 Å². The van der Waals surface area contributed by atoms with E-state index in [1.165, 1.54) is 0 Å². The van der Waals surface area contributed by atoms with Gasteiger partial charge in [0, 0.05) is 17.1 Å². The van der Waals surface area contributed by atoms with Crippen LogP contribution in [-0.4, -0.2) is 19.1 Å². The first-order chi connectivity index (χ1) is 11.7. The molecule has 24 heavy (non-hydrogen) atoms. The van der Waals surface area contributed by atoms with Gasteiger partial charge in [0.1, 0.15) is 11.5 Å². The summed E-state index contributed by atoms with van der Waals surface area (Å²) >= 11 is 0. The predicted molar refractivity (Wildman–Crippen MR) is 95.7 cm³/mol. The molecule has 0 bridgehead atoms. The number of amides is 1. The molecule has 0 aliphatic heterocycles. The molecule has 0 fully saturated rings. The molecule has 0 heterocycles. The van der Waals surface area contributed by atoms with Crippen molar-refractivity contribution in [3.63, 3.8) is 0 Å². The molecule has 0 aliphatic rings. The zero-order valence-corrected chi connectivity index (χ0v) is 13.7. The smallest absolute Gasteiger partial charge is 0.265 e. The Labute approximate surface area is 141 Å². The number of nitrogens with one attached hydrogen (secondary N) is 1. The monoisotopic (exact) mass is 321 g/mol. The maximum absolute atomic E-state index is 12.4. The number of hydrogen-bond donors (Lipinski definition) is 1. The molecule has 0 radical (unpaired) electrons. The van der Waals surface area contributed by atoms with Gasteiger partial charge in [-0.3, -0.25) is 4.79 Å². The van der Waals surface area contributed by atoms with Crippen LogP contribution in [0.1, 0.15) is 6.92 Å². The highest BCUT2D eigenvalue weighted by Crippen LogP contribution is 2.26. The van der Waals surface area contributed by atoms with Gasteiger partial charge in [-0.25, -0.2) is 0 Å². The van der Waals surface area contributed by atoms with E-state index in [0.717, 1.165) is 10.8 Å². The zero-order valence-electron chi connectivity index (χ0n) is 13.7. The fourth-order valence-corrected chi connectivity index (χ4v) is 2.49. The van der Waals surface area contributed by atoms with Crippen molar-refractivity contribution in [1.82, 2.24) is 0 Å². The second-order valence-corrected chi connectivity index (χ2v) is 5.46. The minimum absolute atomic E-state index is 0.212. The minimum Gasteiger partial charge on any atom is -0.497 e. The lowest BCUT2D eigenvalue weighted by molar-refractivity contribution is -0.122. The van der Waals surface area contributed by atoms with Gasteiger partial charge in [0.05, 0.1) is 7.11 Å².